The zero-order valence-electron chi connectivity index (χ0n) is 19.4. The average Bonchev–Trinajstić information content (AvgIpc) is 3.20. The summed E-state index contributed by atoms with van der Waals surface area (Å²) < 4.78 is 5.68. The number of pyridine rings is 1. The van der Waals surface area contributed by atoms with Gasteiger partial charge in [-0.05, 0) is 87.2 Å². The zero-order valence-corrected chi connectivity index (χ0v) is 19.4. The van der Waals surface area contributed by atoms with Crippen LogP contribution in [0.3, 0.4) is 0 Å². The Kier molecular flexibility index (Phi) is 7.05. The number of likely N-dealkylation sites (tertiary alicyclic amines) is 1. The molecule has 5 nitrogen and oxygen atoms in total. The van der Waals surface area contributed by atoms with Crippen molar-refractivity contribution in [1.82, 2.24) is 9.88 Å². The van der Waals surface area contributed by atoms with Crippen LogP contribution in [-0.4, -0.2) is 35.0 Å². The fourth-order valence-corrected chi connectivity index (χ4v) is 4.31. The summed E-state index contributed by atoms with van der Waals surface area (Å²) >= 11 is 0. The highest BCUT2D eigenvalue weighted by molar-refractivity contribution is 6.06. The number of anilines is 1. The molecule has 1 aliphatic rings. The summed E-state index contributed by atoms with van der Waals surface area (Å²) in [6.07, 6.45) is 6.65. The highest BCUT2D eigenvalue weighted by atomic mass is 16.5. The molecule has 3 aromatic rings. The number of unbranched alkanes of at least 4 members (excludes halogenated alkanes) is 1. The molecule has 0 saturated carbocycles. The molecule has 1 fully saturated rings. The van der Waals surface area contributed by atoms with E-state index in [1.54, 1.807) is 12.1 Å². The molecule has 1 saturated heterocycles. The summed E-state index contributed by atoms with van der Waals surface area (Å²) in [6, 6.07) is 14.2. The van der Waals surface area contributed by atoms with Crippen molar-refractivity contribution in [2.75, 3.05) is 18.5 Å². The van der Waals surface area contributed by atoms with Crippen molar-refractivity contribution in [3.05, 3.63) is 65.4 Å². The van der Waals surface area contributed by atoms with E-state index in [2.05, 4.69) is 30.1 Å². The number of aromatic nitrogens is 1. The van der Waals surface area contributed by atoms with E-state index < -0.39 is 0 Å². The maximum Gasteiger partial charge on any atom is 0.255 e. The van der Waals surface area contributed by atoms with Gasteiger partial charge < -0.3 is 10.1 Å². The number of nitrogens with zero attached hydrogens (tertiary/aromatic N) is 2. The number of amides is 1. The summed E-state index contributed by atoms with van der Waals surface area (Å²) in [5.74, 6) is 0.660. The van der Waals surface area contributed by atoms with Gasteiger partial charge in [0.2, 0.25) is 0 Å². The van der Waals surface area contributed by atoms with E-state index in [1.165, 1.54) is 18.4 Å². The molecular formula is C27H33N3O2. The summed E-state index contributed by atoms with van der Waals surface area (Å²) in [4.78, 5) is 20.0. The number of nitrogens with one attached hydrogen (secondary N) is 1. The van der Waals surface area contributed by atoms with E-state index in [0.717, 1.165) is 53.8 Å². The Morgan fingerprint density at radius 2 is 2.03 bits per heavy atom. The Morgan fingerprint density at radius 1 is 1.22 bits per heavy atom. The maximum atomic E-state index is 12.8. The zero-order chi connectivity index (χ0) is 22.5. The number of benzene rings is 2. The second kappa shape index (κ2) is 10.1. The van der Waals surface area contributed by atoms with Gasteiger partial charge in [0.15, 0.2) is 0 Å². The Bertz CT molecular complexity index is 1080. The van der Waals surface area contributed by atoms with Crippen molar-refractivity contribution in [2.45, 2.75) is 59.0 Å². The lowest BCUT2D eigenvalue weighted by atomic mass is 10.1. The van der Waals surface area contributed by atoms with Gasteiger partial charge in [0.1, 0.15) is 5.75 Å². The molecule has 2 heterocycles. The molecule has 32 heavy (non-hydrogen) atoms. The Morgan fingerprint density at radius 3 is 2.75 bits per heavy atom. The molecule has 0 radical (unpaired) electrons. The number of aryl methyl sites for hydroxylation is 1. The van der Waals surface area contributed by atoms with Gasteiger partial charge in [-0.25, -0.2) is 0 Å². The minimum atomic E-state index is -0.132. The molecule has 5 heteroatoms. The highest BCUT2D eigenvalue weighted by Gasteiger charge is 2.20. The van der Waals surface area contributed by atoms with Crippen LogP contribution < -0.4 is 10.1 Å². The molecule has 168 valence electrons. The van der Waals surface area contributed by atoms with E-state index in [9.17, 15) is 4.79 Å². The van der Waals surface area contributed by atoms with E-state index in [1.807, 2.05) is 37.4 Å². The van der Waals surface area contributed by atoms with Crippen molar-refractivity contribution < 1.29 is 9.53 Å². The molecule has 0 bridgehead atoms. The quantitative estimate of drug-likeness (QED) is 0.447. The number of ether oxygens (including phenoxy) is 1. The highest BCUT2D eigenvalue weighted by Crippen LogP contribution is 2.27. The van der Waals surface area contributed by atoms with Crippen LogP contribution in [0.25, 0.3) is 10.9 Å². The van der Waals surface area contributed by atoms with Crippen LogP contribution in [0, 0.1) is 6.92 Å². The van der Waals surface area contributed by atoms with E-state index in [-0.39, 0.29) is 5.91 Å². The molecular weight excluding hydrogens is 398 g/mol. The van der Waals surface area contributed by atoms with Gasteiger partial charge in [-0.15, -0.1) is 0 Å². The third-order valence-corrected chi connectivity index (χ3v) is 6.37. The van der Waals surface area contributed by atoms with Crippen LogP contribution in [-0.2, 0) is 6.54 Å². The van der Waals surface area contributed by atoms with Gasteiger partial charge in [-0.1, -0.05) is 19.4 Å². The molecule has 1 atom stereocenters. The van der Waals surface area contributed by atoms with Crippen molar-refractivity contribution in [2.24, 2.45) is 0 Å². The molecule has 1 amide bonds. The predicted molar refractivity (Wildman–Crippen MR) is 130 cm³/mol. The van der Waals surface area contributed by atoms with E-state index in [0.29, 0.717) is 18.2 Å². The molecule has 4 rings (SSSR count). The third-order valence-electron chi connectivity index (χ3n) is 6.37. The standard InChI is InChI=1S/C27H33N3O2/c1-4-5-15-32-24-11-8-22(9-12-24)27(31)29-25-13-10-23-16-21(17-28-26(23)20(25)3)18-30-14-6-7-19(30)2/h8-13,16-17,19H,4-7,14-15,18H2,1-3H3,(H,29,31). The average molecular weight is 432 g/mol. The van der Waals surface area contributed by atoms with Gasteiger partial charge >= 0.3 is 0 Å². The monoisotopic (exact) mass is 431 g/mol. The SMILES string of the molecule is CCCCOc1ccc(C(=O)Nc2ccc3cc(CN4CCCC4C)cnc3c2C)cc1. The molecule has 1 aromatic heterocycles. The van der Waals surface area contributed by atoms with Crippen LogP contribution in [0.1, 0.15) is 61.0 Å². The first kappa shape index (κ1) is 22.3. The number of fused-ring (bicyclic) bond motifs is 1. The van der Waals surface area contributed by atoms with Crippen LogP contribution in [0.5, 0.6) is 5.75 Å². The minimum Gasteiger partial charge on any atom is -0.494 e. The van der Waals surface area contributed by atoms with Crippen LogP contribution in [0.2, 0.25) is 0 Å². The summed E-state index contributed by atoms with van der Waals surface area (Å²) in [5.41, 5.74) is 4.55. The van der Waals surface area contributed by atoms with Gasteiger partial charge in [0, 0.05) is 35.4 Å². The number of rotatable bonds is 8. The lowest BCUT2D eigenvalue weighted by Crippen LogP contribution is -2.26. The molecule has 0 aliphatic carbocycles. The van der Waals surface area contributed by atoms with Crippen LogP contribution in [0.15, 0.2) is 48.7 Å². The number of carbonyl (C=O) groups excluding carboxylic acids is 1. The number of carbonyl (C=O) groups is 1. The van der Waals surface area contributed by atoms with Gasteiger partial charge in [0.25, 0.3) is 5.91 Å². The first-order valence-corrected chi connectivity index (χ1v) is 11.7. The fourth-order valence-electron chi connectivity index (χ4n) is 4.31. The van der Waals surface area contributed by atoms with Crippen molar-refractivity contribution in [3.63, 3.8) is 0 Å². The van der Waals surface area contributed by atoms with E-state index >= 15 is 0 Å². The Hall–Kier alpha value is -2.92. The minimum absolute atomic E-state index is 0.132. The van der Waals surface area contributed by atoms with Crippen LogP contribution >= 0.6 is 0 Å². The van der Waals surface area contributed by atoms with Crippen LogP contribution in [0.4, 0.5) is 5.69 Å². The third kappa shape index (κ3) is 5.10. The number of hydrogen-bond acceptors (Lipinski definition) is 4. The van der Waals surface area contributed by atoms with E-state index in [4.69, 9.17) is 9.72 Å². The largest absolute Gasteiger partial charge is 0.494 e. The molecule has 1 N–H and O–H groups in total. The maximum absolute atomic E-state index is 12.8. The smallest absolute Gasteiger partial charge is 0.255 e. The second-order valence-corrected chi connectivity index (χ2v) is 8.80. The molecule has 1 aliphatic heterocycles. The predicted octanol–water partition coefficient (Wildman–Crippen LogP) is 5.96. The van der Waals surface area contributed by atoms with Crippen molar-refractivity contribution >= 4 is 22.5 Å². The fraction of sp³-hybridized carbons (Fsp3) is 0.407. The Labute approximate surface area is 190 Å². The first-order chi connectivity index (χ1) is 15.5. The normalized spacial score (nSPS) is 16.4. The Balaban J connectivity index is 1.45. The lowest BCUT2D eigenvalue weighted by Gasteiger charge is -2.21. The van der Waals surface area contributed by atoms with Crippen molar-refractivity contribution in [1.29, 1.82) is 0 Å². The lowest BCUT2D eigenvalue weighted by molar-refractivity contribution is 0.102. The van der Waals surface area contributed by atoms with Gasteiger partial charge in [0.05, 0.1) is 12.1 Å². The van der Waals surface area contributed by atoms with Gasteiger partial charge in [-0.2, -0.15) is 0 Å². The topological polar surface area (TPSA) is 54.5 Å². The molecule has 1 unspecified atom stereocenters. The second-order valence-electron chi connectivity index (χ2n) is 8.80. The van der Waals surface area contributed by atoms with Gasteiger partial charge in [-0.3, -0.25) is 14.7 Å². The molecule has 2 aromatic carbocycles. The summed E-state index contributed by atoms with van der Waals surface area (Å²) in [6.45, 7) is 9.25. The molecule has 0 spiro atoms. The summed E-state index contributed by atoms with van der Waals surface area (Å²) in [5, 5.41) is 4.15. The van der Waals surface area contributed by atoms with Crippen molar-refractivity contribution in [3.8, 4) is 5.75 Å². The number of hydrogen-bond donors (Lipinski definition) is 1. The summed E-state index contributed by atoms with van der Waals surface area (Å²) in [7, 11) is 0. The first-order valence-electron chi connectivity index (χ1n) is 11.7.